The second-order valence-corrected chi connectivity index (χ2v) is 15.6. The third kappa shape index (κ3) is 17.0. The van der Waals surface area contributed by atoms with Gasteiger partial charge in [0.15, 0.2) is 0 Å². The van der Waals surface area contributed by atoms with Crippen LogP contribution in [0.15, 0.2) is 11.3 Å². The van der Waals surface area contributed by atoms with Gasteiger partial charge in [0, 0.05) is 27.1 Å². The zero-order chi connectivity index (χ0) is 41.0. The molecular formula is C39H70N6O9. The minimum absolute atomic E-state index is 0.121. The molecule has 0 aromatic rings. The number of allylic oxidation sites excluding steroid dienone is 1. The van der Waals surface area contributed by atoms with Gasteiger partial charge in [-0.15, -0.1) is 0 Å². The van der Waals surface area contributed by atoms with E-state index < -0.39 is 60.5 Å². The highest BCUT2D eigenvalue weighted by Gasteiger charge is 2.33. The van der Waals surface area contributed by atoms with Crippen LogP contribution in [0.5, 0.6) is 0 Å². The van der Waals surface area contributed by atoms with Crippen molar-refractivity contribution in [3.8, 4) is 0 Å². The second kappa shape index (κ2) is 24.9. The number of aliphatic hydroxyl groups excluding tert-OH is 1. The van der Waals surface area contributed by atoms with Crippen LogP contribution >= 0.6 is 0 Å². The lowest BCUT2D eigenvalue weighted by Gasteiger charge is -2.30. The fourth-order valence-electron chi connectivity index (χ4n) is 6.57. The van der Waals surface area contributed by atoms with Gasteiger partial charge in [0.05, 0.1) is 29.4 Å². The minimum atomic E-state index is -1.48. The van der Waals surface area contributed by atoms with Crippen molar-refractivity contribution in [2.24, 2.45) is 17.6 Å². The highest BCUT2D eigenvalue weighted by atomic mass is 16.5. The van der Waals surface area contributed by atoms with Crippen LogP contribution < -0.4 is 27.0 Å². The predicted octanol–water partition coefficient (Wildman–Crippen LogP) is 2.23. The van der Waals surface area contributed by atoms with Gasteiger partial charge in [-0.3, -0.25) is 19.2 Å². The summed E-state index contributed by atoms with van der Waals surface area (Å²) < 4.78 is 11.1. The van der Waals surface area contributed by atoms with E-state index in [1.165, 1.54) is 25.8 Å². The molecule has 0 aromatic heterocycles. The van der Waals surface area contributed by atoms with Crippen LogP contribution in [0, 0.1) is 11.8 Å². The van der Waals surface area contributed by atoms with Crippen molar-refractivity contribution in [1.29, 1.82) is 0 Å². The molecule has 54 heavy (non-hydrogen) atoms. The Morgan fingerprint density at radius 3 is 2.13 bits per heavy atom. The smallest absolute Gasteiger partial charge is 0.330 e. The molecule has 1 aliphatic rings. The largest absolute Gasteiger partial charge is 0.429 e. The van der Waals surface area contributed by atoms with Gasteiger partial charge in [0.1, 0.15) is 30.7 Å². The minimum Gasteiger partial charge on any atom is -0.429 e. The molecule has 1 aliphatic carbocycles. The lowest BCUT2D eigenvalue weighted by Crippen LogP contribution is -2.61. The van der Waals surface area contributed by atoms with Crippen molar-refractivity contribution in [2.75, 3.05) is 34.3 Å². The van der Waals surface area contributed by atoms with E-state index in [1.807, 2.05) is 27.7 Å². The maximum atomic E-state index is 13.5. The molecular weight excluding hydrogens is 696 g/mol. The number of amides is 4. The summed E-state index contributed by atoms with van der Waals surface area (Å²) in [6, 6.07) is -3.82. The Kier molecular flexibility index (Phi) is 22.4. The first kappa shape index (κ1) is 48.6. The first-order valence-electron chi connectivity index (χ1n) is 19.5. The number of methoxy groups -OCH3 is 1. The molecule has 5 unspecified atom stereocenters. The van der Waals surface area contributed by atoms with E-state index in [1.54, 1.807) is 14.2 Å². The number of nitrogens with one attached hydrogen (secondary N) is 4. The van der Waals surface area contributed by atoms with Crippen molar-refractivity contribution in [3.63, 3.8) is 0 Å². The van der Waals surface area contributed by atoms with E-state index in [2.05, 4.69) is 21.3 Å². The second-order valence-electron chi connectivity index (χ2n) is 15.6. The molecule has 5 atom stereocenters. The van der Waals surface area contributed by atoms with E-state index in [0.29, 0.717) is 12.8 Å². The van der Waals surface area contributed by atoms with Crippen LogP contribution in [-0.2, 0) is 38.2 Å². The summed E-state index contributed by atoms with van der Waals surface area (Å²) in [5, 5.41) is 20.9. The summed E-state index contributed by atoms with van der Waals surface area (Å²) in [5.41, 5.74) is 5.77. The molecule has 15 heteroatoms. The number of hydrogen-bond acceptors (Lipinski definition) is 11. The van der Waals surface area contributed by atoms with Crippen molar-refractivity contribution < 1.29 is 43.3 Å². The van der Waals surface area contributed by atoms with Gasteiger partial charge in [0.2, 0.25) is 17.7 Å². The van der Waals surface area contributed by atoms with Crippen LogP contribution in [-0.4, -0.2) is 116 Å². The van der Waals surface area contributed by atoms with E-state index in [0.717, 1.165) is 64.1 Å². The number of hydrogen-bond donors (Lipinski definition) is 6. The van der Waals surface area contributed by atoms with Gasteiger partial charge in [0.25, 0.3) is 5.91 Å². The quantitative estimate of drug-likeness (QED) is 0.0260. The molecule has 7 N–H and O–H groups in total. The van der Waals surface area contributed by atoms with Gasteiger partial charge in [-0.25, -0.2) is 4.79 Å². The van der Waals surface area contributed by atoms with Crippen LogP contribution in [0.3, 0.4) is 0 Å². The lowest BCUT2D eigenvalue weighted by atomic mass is 9.83. The molecule has 0 spiro atoms. The summed E-state index contributed by atoms with van der Waals surface area (Å²) in [7, 11) is 4.90. The number of aliphatic hydroxyl groups is 1. The number of esters is 1. The molecule has 0 radical (unpaired) electrons. The van der Waals surface area contributed by atoms with E-state index in [9.17, 15) is 33.9 Å². The van der Waals surface area contributed by atoms with Gasteiger partial charge in [-0.1, -0.05) is 52.4 Å². The standard InChI is InChI=1S/C39H70N6O9/c1-25(2)21-29(24-46)45(8)38(52)26(3)31(19-15-10-11-16-20-39(5,6)53-9)54-32(48)23-42-36(50)33(27(4)47)44-35(49)30(22-40)43-37(51)34(41-7)28-17-13-12-14-18-28/h24-25,27-30,33-34,41,47H,10-23,40H2,1-9H3,(H,42,50)(H,43,51)(H,44,49)/b31-26-. The molecule has 4 amide bonds. The Bertz CT molecular complexity index is 1250. The van der Waals surface area contributed by atoms with Crippen molar-refractivity contribution in [3.05, 3.63) is 11.3 Å². The molecule has 1 rings (SSSR count). The number of nitrogens with zero attached hydrogens (tertiary/aromatic N) is 1. The fourth-order valence-corrected chi connectivity index (χ4v) is 6.57. The summed E-state index contributed by atoms with van der Waals surface area (Å²) in [4.78, 5) is 79.2. The zero-order valence-electron chi connectivity index (χ0n) is 34.3. The van der Waals surface area contributed by atoms with Crippen LogP contribution in [0.1, 0.15) is 119 Å². The van der Waals surface area contributed by atoms with Gasteiger partial charge < -0.3 is 51.3 Å². The van der Waals surface area contributed by atoms with Crippen LogP contribution in [0.4, 0.5) is 0 Å². The molecule has 0 heterocycles. The molecule has 1 saturated carbocycles. The Morgan fingerprint density at radius 2 is 1.59 bits per heavy atom. The van der Waals surface area contributed by atoms with Gasteiger partial charge >= 0.3 is 5.97 Å². The molecule has 0 aliphatic heterocycles. The summed E-state index contributed by atoms with van der Waals surface area (Å²) in [6.07, 6.45) is 9.16. The fraction of sp³-hybridized carbons (Fsp3) is 0.795. The third-order valence-electron chi connectivity index (χ3n) is 10.2. The first-order chi connectivity index (χ1) is 25.4. The number of carbonyl (C=O) groups is 6. The Morgan fingerprint density at radius 1 is 0.963 bits per heavy atom. The Hall–Kier alpha value is -3.40. The monoisotopic (exact) mass is 767 g/mol. The topological polar surface area (TPSA) is 218 Å². The number of rotatable bonds is 25. The van der Waals surface area contributed by atoms with Crippen molar-refractivity contribution in [1.82, 2.24) is 26.2 Å². The highest BCUT2D eigenvalue weighted by molar-refractivity contribution is 5.96. The van der Waals surface area contributed by atoms with E-state index in [-0.39, 0.29) is 47.6 Å². The van der Waals surface area contributed by atoms with Crippen LogP contribution in [0.25, 0.3) is 0 Å². The first-order valence-corrected chi connectivity index (χ1v) is 19.5. The molecule has 0 aromatic carbocycles. The van der Waals surface area contributed by atoms with E-state index in [4.69, 9.17) is 15.2 Å². The maximum absolute atomic E-state index is 13.5. The van der Waals surface area contributed by atoms with Crippen LogP contribution in [0.2, 0.25) is 0 Å². The summed E-state index contributed by atoms with van der Waals surface area (Å²) in [5.74, 6) is -2.93. The van der Waals surface area contributed by atoms with Crippen molar-refractivity contribution in [2.45, 2.75) is 154 Å². The molecule has 0 saturated heterocycles. The normalized spacial score (nSPS) is 17.0. The molecule has 310 valence electrons. The average Bonchev–Trinajstić information content (AvgIpc) is 3.14. The van der Waals surface area contributed by atoms with E-state index >= 15 is 0 Å². The molecule has 15 nitrogen and oxygen atoms in total. The van der Waals surface area contributed by atoms with Crippen molar-refractivity contribution >= 4 is 35.9 Å². The molecule has 0 bridgehead atoms. The SMILES string of the molecule is CNC(C(=O)NC(CN)C(=O)NC(C(=O)NCC(=O)O/C(CCCCCCC(C)(C)OC)=C(/C)C(=O)N(C)C(C=O)CC(C)C)C(C)O)C1CCCCC1. The third-order valence-corrected chi connectivity index (χ3v) is 10.2. The number of unbranched alkanes of at least 4 members (excludes halogenated alkanes) is 3. The number of likely N-dealkylation sites (N-methyl/N-ethyl adjacent to an activating group) is 2. The number of aldehydes is 1. The maximum Gasteiger partial charge on any atom is 0.330 e. The Balaban J connectivity index is 3.00. The average molecular weight is 767 g/mol. The number of ether oxygens (including phenoxy) is 2. The summed E-state index contributed by atoms with van der Waals surface area (Å²) >= 11 is 0. The lowest BCUT2D eigenvalue weighted by molar-refractivity contribution is -0.141. The number of carbonyl (C=O) groups excluding carboxylic acids is 6. The summed E-state index contributed by atoms with van der Waals surface area (Å²) in [6.45, 7) is 9.91. The Labute approximate surface area is 322 Å². The molecule has 1 fully saturated rings. The number of nitrogens with two attached hydrogens (primary N) is 1. The van der Waals surface area contributed by atoms with Gasteiger partial charge in [-0.2, -0.15) is 0 Å². The predicted molar refractivity (Wildman–Crippen MR) is 207 cm³/mol. The zero-order valence-corrected chi connectivity index (χ0v) is 34.3. The highest BCUT2D eigenvalue weighted by Crippen LogP contribution is 2.27. The van der Waals surface area contributed by atoms with Gasteiger partial charge in [-0.05, 0) is 78.7 Å².